The molecule has 4 atom stereocenters. The van der Waals surface area contributed by atoms with E-state index < -0.39 is 6.10 Å². The van der Waals surface area contributed by atoms with E-state index in [0.29, 0.717) is 31.1 Å². The van der Waals surface area contributed by atoms with E-state index in [1.54, 1.807) is 7.11 Å². The van der Waals surface area contributed by atoms with Crippen LogP contribution >= 0.6 is 0 Å². The Bertz CT molecular complexity index is 616. The first kappa shape index (κ1) is 22.4. The number of anilines is 1. The van der Waals surface area contributed by atoms with Crippen LogP contribution in [0.1, 0.15) is 40.0 Å². The van der Waals surface area contributed by atoms with Crippen molar-refractivity contribution in [2.75, 3.05) is 51.3 Å². The summed E-state index contributed by atoms with van der Waals surface area (Å²) < 4.78 is 11.7. The number of aliphatic hydroxyl groups excluding tert-OH is 1. The number of benzene rings is 1. The van der Waals surface area contributed by atoms with E-state index in [2.05, 4.69) is 42.7 Å². The Hall–Kier alpha value is -1.30. The summed E-state index contributed by atoms with van der Waals surface area (Å²) in [5.41, 5.74) is 1.16. The van der Waals surface area contributed by atoms with Gasteiger partial charge in [-0.3, -0.25) is 4.90 Å². The number of β-amino-alcohol motifs (C(OH)–C–C–N with tert-alkyl or cyclic N) is 1. The lowest BCUT2D eigenvalue weighted by Crippen LogP contribution is -2.49. The Labute approximate surface area is 177 Å². The number of nitrogens with zero attached hydrogens (tertiary/aromatic N) is 2. The Morgan fingerprint density at radius 3 is 2.52 bits per heavy atom. The highest BCUT2D eigenvalue weighted by atomic mass is 16.5. The molecule has 0 amide bonds. The molecule has 0 spiro atoms. The van der Waals surface area contributed by atoms with Crippen LogP contribution < -0.4 is 9.64 Å². The van der Waals surface area contributed by atoms with Crippen LogP contribution in [0.2, 0.25) is 0 Å². The van der Waals surface area contributed by atoms with Gasteiger partial charge in [0.1, 0.15) is 5.75 Å². The van der Waals surface area contributed by atoms with Gasteiger partial charge in [0.15, 0.2) is 0 Å². The van der Waals surface area contributed by atoms with E-state index in [9.17, 15) is 5.11 Å². The Morgan fingerprint density at radius 2 is 1.83 bits per heavy atom. The van der Waals surface area contributed by atoms with Gasteiger partial charge in [0.25, 0.3) is 0 Å². The molecule has 1 saturated carbocycles. The van der Waals surface area contributed by atoms with Gasteiger partial charge in [-0.2, -0.15) is 0 Å². The molecule has 3 rings (SSSR count). The predicted octanol–water partition coefficient (Wildman–Crippen LogP) is 3.66. The van der Waals surface area contributed by atoms with Gasteiger partial charge in [-0.25, -0.2) is 0 Å². The quantitative estimate of drug-likeness (QED) is 0.716. The highest BCUT2D eigenvalue weighted by Crippen LogP contribution is 2.35. The van der Waals surface area contributed by atoms with Gasteiger partial charge >= 0.3 is 0 Å². The molecule has 1 saturated heterocycles. The topological polar surface area (TPSA) is 45.2 Å². The third-order valence-corrected chi connectivity index (χ3v) is 6.73. The zero-order chi connectivity index (χ0) is 20.8. The number of piperazine rings is 1. The van der Waals surface area contributed by atoms with Crippen molar-refractivity contribution < 1.29 is 14.6 Å². The first-order valence-corrected chi connectivity index (χ1v) is 11.4. The molecule has 0 unspecified atom stereocenters. The normalized spacial score (nSPS) is 27.2. The first-order valence-electron chi connectivity index (χ1n) is 11.4. The molecule has 0 aromatic heterocycles. The molecule has 2 aliphatic rings. The van der Waals surface area contributed by atoms with Crippen LogP contribution in [0.3, 0.4) is 0 Å². The largest absolute Gasteiger partial charge is 0.495 e. The second-order valence-electron chi connectivity index (χ2n) is 9.31. The molecule has 0 bridgehead atoms. The monoisotopic (exact) mass is 404 g/mol. The van der Waals surface area contributed by atoms with Crippen molar-refractivity contribution in [1.29, 1.82) is 0 Å². The van der Waals surface area contributed by atoms with Crippen molar-refractivity contribution in [2.45, 2.75) is 52.2 Å². The minimum absolute atomic E-state index is 0.302. The summed E-state index contributed by atoms with van der Waals surface area (Å²) in [6.07, 6.45) is 3.58. The SMILES string of the molecule is COc1ccccc1N1CCN(C[C@@H](O)CO[C@@H]2C[C@H](C)CC[C@@H]2C(C)C)CC1. The van der Waals surface area contributed by atoms with E-state index in [4.69, 9.17) is 9.47 Å². The van der Waals surface area contributed by atoms with Crippen molar-refractivity contribution in [1.82, 2.24) is 4.90 Å². The summed E-state index contributed by atoms with van der Waals surface area (Å²) in [6, 6.07) is 8.19. The van der Waals surface area contributed by atoms with Gasteiger partial charge in [-0.1, -0.05) is 39.3 Å². The summed E-state index contributed by atoms with van der Waals surface area (Å²) >= 11 is 0. The van der Waals surface area contributed by atoms with E-state index in [1.165, 1.54) is 12.8 Å². The van der Waals surface area contributed by atoms with Crippen molar-refractivity contribution >= 4 is 5.69 Å². The molecule has 1 aromatic carbocycles. The third kappa shape index (κ3) is 6.09. The molecule has 1 aliphatic heterocycles. The van der Waals surface area contributed by atoms with Crippen molar-refractivity contribution in [3.8, 4) is 5.75 Å². The van der Waals surface area contributed by atoms with Gasteiger partial charge in [0, 0.05) is 32.7 Å². The smallest absolute Gasteiger partial charge is 0.142 e. The van der Waals surface area contributed by atoms with Gasteiger partial charge in [0.05, 0.1) is 31.6 Å². The number of para-hydroxylation sites is 2. The average Bonchev–Trinajstić information content (AvgIpc) is 2.72. The Morgan fingerprint density at radius 1 is 1.10 bits per heavy atom. The number of methoxy groups -OCH3 is 1. The third-order valence-electron chi connectivity index (χ3n) is 6.73. The zero-order valence-corrected chi connectivity index (χ0v) is 18.7. The molecule has 5 nitrogen and oxygen atoms in total. The fourth-order valence-corrected chi connectivity index (χ4v) is 4.95. The summed E-state index contributed by atoms with van der Waals surface area (Å²) in [5.74, 6) is 2.93. The van der Waals surface area contributed by atoms with Gasteiger partial charge in [0.2, 0.25) is 0 Å². The van der Waals surface area contributed by atoms with Gasteiger partial charge in [-0.15, -0.1) is 0 Å². The molecule has 1 aromatic rings. The second kappa shape index (κ2) is 10.6. The van der Waals surface area contributed by atoms with E-state index in [1.807, 2.05) is 12.1 Å². The molecule has 1 N–H and O–H groups in total. The molecule has 2 fully saturated rings. The molecule has 164 valence electrons. The van der Waals surface area contributed by atoms with Gasteiger partial charge in [-0.05, 0) is 42.7 Å². The average molecular weight is 405 g/mol. The number of rotatable bonds is 8. The summed E-state index contributed by atoms with van der Waals surface area (Å²) in [7, 11) is 1.72. The fourth-order valence-electron chi connectivity index (χ4n) is 4.95. The summed E-state index contributed by atoms with van der Waals surface area (Å²) in [4.78, 5) is 4.72. The van der Waals surface area contributed by atoms with Crippen LogP contribution in [0.4, 0.5) is 5.69 Å². The molecular formula is C24H40N2O3. The molecule has 1 heterocycles. The van der Waals surface area contributed by atoms with E-state index in [-0.39, 0.29) is 0 Å². The number of ether oxygens (including phenoxy) is 2. The summed E-state index contributed by atoms with van der Waals surface area (Å²) in [6.45, 7) is 11.9. The van der Waals surface area contributed by atoms with Crippen LogP contribution in [0.15, 0.2) is 24.3 Å². The molecule has 29 heavy (non-hydrogen) atoms. The highest BCUT2D eigenvalue weighted by Gasteiger charge is 2.32. The second-order valence-corrected chi connectivity index (χ2v) is 9.31. The lowest BCUT2D eigenvalue weighted by molar-refractivity contribution is -0.0740. The minimum Gasteiger partial charge on any atom is -0.495 e. The first-order chi connectivity index (χ1) is 14.0. The van der Waals surface area contributed by atoms with Crippen molar-refractivity contribution in [2.24, 2.45) is 17.8 Å². The maximum atomic E-state index is 10.6. The maximum Gasteiger partial charge on any atom is 0.142 e. The minimum atomic E-state index is -0.419. The van der Waals surface area contributed by atoms with Crippen LogP contribution in [0.25, 0.3) is 0 Å². The lowest BCUT2D eigenvalue weighted by Gasteiger charge is -2.39. The van der Waals surface area contributed by atoms with E-state index >= 15 is 0 Å². The molecule has 0 radical (unpaired) electrons. The molecular weight excluding hydrogens is 364 g/mol. The standard InChI is InChI=1S/C24H40N2O3/c1-18(2)21-10-9-19(3)15-24(21)29-17-20(27)16-25-11-13-26(14-12-25)22-7-5-6-8-23(22)28-4/h5-8,18-21,24,27H,9-17H2,1-4H3/t19-,20-,21-,24-/m1/s1. The Kier molecular flexibility index (Phi) is 8.22. The highest BCUT2D eigenvalue weighted by molar-refractivity contribution is 5.58. The lowest BCUT2D eigenvalue weighted by atomic mass is 9.75. The van der Waals surface area contributed by atoms with Crippen molar-refractivity contribution in [3.63, 3.8) is 0 Å². The van der Waals surface area contributed by atoms with Crippen LogP contribution in [0, 0.1) is 17.8 Å². The van der Waals surface area contributed by atoms with Crippen LogP contribution in [-0.2, 0) is 4.74 Å². The maximum absolute atomic E-state index is 10.6. The Balaban J connectivity index is 1.43. The van der Waals surface area contributed by atoms with Crippen LogP contribution in [0.5, 0.6) is 5.75 Å². The molecule has 5 heteroatoms. The van der Waals surface area contributed by atoms with Crippen molar-refractivity contribution in [3.05, 3.63) is 24.3 Å². The van der Waals surface area contributed by atoms with E-state index in [0.717, 1.165) is 50.0 Å². The summed E-state index contributed by atoms with van der Waals surface area (Å²) in [5, 5.41) is 10.6. The van der Waals surface area contributed by atoms with Gasteiger partial charge < -0.3 is 19.5 Å². The predicted molar refractivity (Wildman–Crippen MR) is 119 cm³/mol. The zero-order valence-electron chi connectivity index (χ0n) is 18.7. The number of aliphatic hydroxyl groups is 1. The fraction of sp³-hybridized carbons (Fsp3) is 0.750. The number of hydrogen-bond acceptors (Lipinski definition) is 5. The van der Waals surface area contributed by atoms with Crippen LogP contribution in [-0.4, -0.2) is 68.7 Å². The number of hydrogen-bond donors (Lipinski definition) is 1. The molecule has 1 aliphatic carbocycles.